The fourth-order valence-corrected chi connectivity index (χ4v) is 4.08. The van der Waals surface area contributed by atoms with Crippen LogP contribution in [0.5, 0.6) is 5.75 Å². The zero-order valence-corrected chi connectivity index (χ0v) is 18.0. The number of pyridine rings is 1. The molecule has 0 radical (unpaired) electrons. The lowest BCUT2D eigenvalue weighted by Gasteiger charge is -2.38. The van der Waals surface area contributed by atoms with Gasteiger partial charge in [0.05, 0.1) is 29.7 Å². The Balaban J connectivity index is 1.59. The molecular formula is C24H25FN4O3. The molecule has 4 heterocycles. The molecule has 2 aromatic heterocycles. The third kappa shape index (κ3) is 3.60. The first-order chi connectivity index (χ1) is 15.5. The number of halogens is 1. The van der Waals surface area contributed by atoms with Crippen molar-refractivity contribution >= 4 is 17.3 Å². The Morgan fingerprint density at radius 2 is 2.19 bits per heavy atom. The molecule has 1 fully saturated rings. The summed E-state index contributed by atoms with van der Waals surface area (Å²) in [5.41, 5.74) is 4.19. The first-order valence-corrected chi connectivity index (χ1v) is 10.7. The van der Waals surface area contributed by atoms with E-state index < -0.39 is 0 Å². The van der Waals surface area contributed by atoms with Crippen LogP contribution in [0, 0.1) is 12.7 Å². The van der Waals surface area contributed by atoms with Gasteiger partial charge in [-0.25, -0.2) is 4.39 Å². The maximum absolute atomic E-state index is 14.2. The van der Waals surface area contributed by atoms with Crippen LogP contribution in [0.25, 0.3) is 11.3 Å². The second-order valence-electron chi connectivity index (χ2n) is 8.48. The molecule has 1 unspecified atom stereocenters. The number of rotatable bonds is 6. The summed E-state index contributed by atoms with van der Waals surface area (Å²) >= 11 is 0. The average molecular weight is 436 g/mol. The molecule has 166 valence electrons. The summed E-state index contributed by atoms with van der Waals surface area (Å²) in [6.07, 6.45) is 4.95. The Morgan fingerprint density at radius 1 is 1.34 bits per heavy atom. The zero-order chi connectivity index (χ0) is 22.3. The number of nitrogens with one attached hydrogen (secondary N) is 3. The van der Waals surface area contributed by atoms with E-state index in [-0.39, 0.29) is 17.3 Å². The van der Waals surface area contributed by atoms with Crippen LogP contribution in [0.1, 0.15) is 35.0 Å². The number of aromatic nitrogens is 2. The lowest BCUT2D eigenvalue weighted by atomic mass is 9.99. The smallest absolute Gasteiger partial charge is 0.255 e. The van der Waals surface area contributed by atoms with Gasteiger partial charge in [0.2, 0.25) is 0 Å². The summed E-state index contributed by atoms with van der Waals surface area (Å²) in [5.74, 6) is 0.103. The maximum atomic E-state index is 14.2. The summed E-state index contributed by atoms with van der Waals surface area (Å²) in [6, 6.07) is 6.70. The van der Waals surface area contributed by atoms with Gasteiger partial charge < -0.3 is 25.1 Å². The molecule has 1 atom stereocenters. The number of ether oxygens (including phenoxy) is 2. The van der Waals surface area contributed by atoms with E-state index in [4.69, 9.17) is 9.47 Å². The van der Waals surface area contributed by atoms with Crippen LogP contribution in [-0.4, -0.2) is 41.2 Å². The number of hydrogen-bond donors (Lipinski definition) is 3. The third-order valence-electron chi connectivity index (χ3n) is 6.16. The number of carbonyl (C=O) groups excluding carboxylic acids is 1. The van der Waals surface area contributed by atoms with E-state index in [1.807, 2.05) is 13.0 Å². The van der Waals surface area contributed by atoms with Gasteiger partial charge >= 0.3 is 0 Å². The number of hydrogen-bond acceptors (Lipinski definition) is 5. The lowest BCUT2D eigenvalue weighted by Crippen LogP contribution is -2.45. The Kier molecular flexibility index (Phi) is 5.09. The van der Waals surface area contributed by atoms with Crippen molar-refractivity contribution in [2.75, 3.05) is 25.1 Å². The minimum absolute atomic E-state index is 0.169. The number of H-pyrrole nitrogens is 1. The van der Waals surface area contributed by atoms with Crippen molar-refractivity contribution in [1.82, 2.24) is 15.3 Å². The number of anilines is 2. The van der Waals surface area contributed by atoms with Gasteiger partial charge in [-0.05, 0) is 32.0 Å². The fourth-order valence-electron chi connectivity index (χ4n) is 4.08. The SMILES string of the molecule is Cc1c(F)cccc1Nc1c(-c2ccncc2OCC2(C)CCO2)[nH]c2c1C(=O)NCC2. The number of fused-ring (bicyclic) bond motifs is 1. The van der Waals surface area contributed by atoms with Crippen LogP contribution in [-0.2, 0) is 11.2 Å². The molecule has 7 nitrogen and oxygen atoms in total. The number of benzene rings is 1. The monoisotopic (exact) mass is 436 g/mol. The molecule has 1 aromatic carbocycles. The number of carbonyl (C=O) groups is 1. The van der Waals surface area contributed by atoms with Crippen molar-refractivity contribution in [3.8, 4) is 17.0 Å². The van der Waals surface area contributed by atoms with E-state index in [9.17, 15) is 9.18 Å². The van der Waals surface area contributed by atoms with Gasteiger partial charge in [-0.2, -0.15) is 0 Å². The Labute approximate surface area is 185 Å². The maximum Gasteiger partial charge on any atom is 0.255 e. The van der Waals surface area contributed by atoms with Crippen molar-refractivity contribution in [3.63, 3.8) is 0 Å². The highest BCUT2D eigenvalue weighted by atomic mass is 19.1. The molecule has 0 spiro atoms. The molecule has 2 aliphatic rings. The molecule has 0 saturated carbocycles. The number of aromatic amines is 1. The summed E-state index contributed by atoms with van der Waals surface area (Å²) in [4.78, 5) is 20.4. The summed E-state index contributed by atoms with van der Waals surface area (Å²) in [5, 5.41) is 6.20. The topological polar surface area (TPSA) is 88.3 Å². The molecule has 1 amide bonds. The van der Waals surface area contributed by atoms with Gasteiger partial charge in [0.25, 0.3) is 5.91 Å². The molecule has 2 aliphatic heterocycles. The second-order valence-corrected chi connectivity index (χ2v) is 8.48. The van der Waals surface area contributed by atoms with Crippen LogP contribution in [0.15, 0.2) is 36.7 Å². The van der Waals surface area contributed by atoms with Crippen molar-refractivity contribution < 1.29 is 18.7 Å². The Bertz CT molecular complexity index is 1190. The standard InChI is InChI=1S/C24H25FN4O3/c1-14-16(25)4-3-5-17(14)28-22-20-18(7-10-27-23(20)30)29-21(22)15-6-9-26-12-19(15)31-13-24(2)8-11-32-24/h3-6,9,12,28-29H,7-8,10-11,13H2,1-2H3,(H,27,30). The molecule has 8 heteroatoms. The van der Waals surface area contributed by atoms with Gasteiger partial charge in [0.1, 0.15) is 23.8 Å². The molecule has 5 rings (SSSR count). The first kappa shape index (κ1) is 20.5. The third-order valence-corrected chi connectivity index (χ3v) is 6.16. The minimum Gasteiger partial charge on any atom is -0.488 e. The van der Waals surface area contributed by atoms with E-state index in [1.54, 1.807) is 31.5 Å². The van der Waals surface area contributed by atoms with Crippen molar-refractivity contribution in [3.05, 3.63) is 59.3 Å². The molecule has 3 aromatic rings. The van der Waals surface area contributed by atoms with Crippen molar-refractivity contribution in [2.45, 2.75) is 32.3 Å². The first-order valence-electron chi connectivity index (χ1n) is 10.7. The van der Waals surface area contributed by atoms with Gasteiger partial charge in [0.15, 0.2) is 0 Å². The summed E-state index contributed by atoms with van der Waals surface area (Å²) in [7, 11) is 0. The zero-order valence-electron chi connectivity index (χ0n) is 18.0. The van der Waals surface area contributed by atoms with Gasteiger partial charge in [0, 0.05) is 48.1 Å². The minimum atomic E-state index is -0.313. The predicted octanol–water partition coefficient (Wildman–Crippen LogP) is 4.11. The Hall–Kier alpha value is -3.39. The van der Waals surface area contributed by atoms with E-state index in [0.717, 1.165) is 24.3 Å². The van der Waals surface area contributed by atoms with Crippen LogP contribution in [0.3, 0.4) is 0 Å². The molecule has 3 N–H and O–H groups in total. The van der Waals surface area contributed by atoms with Crippen LogP contribution in [0.4, 0.5) is 15.8 Å². The largest absolute Gasteiger partial charge is 0.488 e. The predicted molar refractivity (Wildman–Crippen MR) is 119 cm³/mol. The highest BCUT2D eigenvalue weighted by molar-refractivity contribution is 6.06. The number of nitrogens with zero attached hydrogens (tertiary/aromatic N) is 1. The van der Waals surface area contributed by atoms with Gasteiger partial charge in [-0.3, -0.25) is 9.78 Å². The molecule has 32 heavy (non-hydrogen) atoms. The normalized spacial score (nSPS) is 19.7. The van der Waals surface area contributed by atoms with Gasteiger partial charge in [-0.15, -0.1) is 0 Å². The molecule has 1 saturated heterocycles. The lowest BCUT2D eigenvalue weighted by molar-refractivity contribution is -0.152. The molecule has 0 aliphatic carbocycles. The summed E-state index contributed by atoms with van der Waals surface area (Å²) < 4.78 is 25.9. The van der Waals surface area contributed by atoms with Crippen LogP contribution < -0.4 is 15.4 Å². The van der Waals surface area contributed by atoms with E-state index in [2.05, 4.69) is 20.6 Å². The highest BCUT2D eigenvalue weighted by Gasteiger charge is 2.34. The number of amides is 1. The van der Waals surface area contributed by atoms with E-state index >= 15 is 0 Å². The van der Waals surface area contributed by atoms with Gasteiger partial charge in [-0.1, -0.05) is 6.07 Å². The van der Waals surface area contributed by atoms with E-state index in [0.29, 0.717) is 53.5 Å². The quantitative estimate of drug-likeness (QED) is 0.541. The van der Waals surface area contributed by atoms with E-state index in [1.165, 1.54) is 6.07 Å². The molecule has 0 bridgehead atoms. The average Bonchev–Trinajstić information content (AvgIpc) is 3.14. The van der Waals surface area contributed by atoms with Crippen LogP contribution >= 0.6 is 0 Å². The van der Waals surface area contributed by atoms with Crippen LogP contribution in [0.2, 0.25) is 0 Å². The fraction of sp³-hybridized carbons (Fsp3) is 0.333. The van der Waals surface area contributed by atoms with Crippen molar-refractivity contribution in [2.24, 2.45) is 0 Å². The molecular weight excluding hydrogens is 411 g/mol. The van der Waals surface area contributed by atoms with Crippen molar-refractivity contribution in [1.29, 1.82) is 0 Å². The Morgan fingerprint density at radius 3 is 2.97 bits per heavy atom. The highest BCUT2D eigenvalue weighted by Crippen LogP contribution is 2.41. The second kappa shape index (κ2) is 7.94. The summed E-state index contributed by atoms with van der Waals surface area (Å²) in [6.45, 7) is 5.41.